The summed E-state index contributed by atoms with van der Waals surface area (Å²) >= 11 is 1.21. The third-order valence-corrected chi connectivity index (χ3v) is 7.56. The number of para-hydroxylation sites is 1. The van der Waals surface area contributed by atoms with Gasteiger partial charge in [-0.3, -0.25) is 9.36 Å². The minimum absolute atomic E-state index is 0.0310. The Labute approximate surface area is 241 Å². The molecule has 3 aromatic heterocycles. The molecule has 1 N–H and O–H groups in total. The molecular formula is C30H22F3N5O3S. The van der Waals surface area contributed by atoms with Crippen molar-refractivity contribution in [3.63, 3.8) is 0 Å². The number of ether oxygens (including phenoxy) is 1. The number of halogens is 3. The number of nitrogens with one attached hydrogen (secondary N) is 1. The van der Waals surface area contributed by atoms with Crippen LogP contribution in [0.25, 0.3) is 33.5 Å². The van der Waals surface area contributed by atoms with Gasteiger partial charge in [-0.1, -0.05) is 77.6 Å². The van der Waals surface area contributed by atoms with Crippen LogP contribution in [0.1, 0.15) is 17.0 Å². The lowest BCUT2D eigenvalue weighted by molar-refractivity contribution is -0.137. The van der Waals surface area contributed by atoms with Crippen LogP contribution >= 0.6 is 11.8 Å². The SMILES string of the molecule is COc1ccccc1Cn1c(SCc2nc(-c3cccc(C(F)(F)F)c3)no2)nc2c(-c3ccccc3)c[nH]c2c1=O. The molecule has 42 heavy (non-hydrogen) atoms. The summed E-state index contributed by atoms with van der Waals surface area (Å²) in [6.45, 7) is 0.188. The molecule has 0 radical (unpaired) electrons. The highest BCUT2D eigenvalue weighted by atomic mass is 32.2. The number of rotatable bonds is 8. The summed E-state index contributed by atoms with van der Waals surface area (Å²) in [7, 11) is 1.56. The molecule has 3 heterocycles. The summed E-state index contributed by atoms with van der Waals surface area (Å²) in [5, 5.41) is 4.27. The summed E-state index contributed by atoms with van der Waals surface area (Å²) in [4.78, 5) is 26.1. The van der Waals surface area contributed by atoms with E-state index in [0.717, 1.165) is 28.8 Å². The largest absolute Gasteiger partial charge is 0.496 e. The molecule has 0 aliphatic carbocycles. The molecule has 0 amide bonds. The maximum Gasteiger partial charge on any atom is 0.416 e. The number of benzene rings is 3. The Morgan fingerprint density at radius 2 is 1.74 bits per heavy atom. The molecule has 0 saturated carbocycles. The number of hydrogen-bond donors (Lipinski definition) is 1. The first-order chi connectivity index (χ1) is 20.3. The molecule has 6 rings (SSSR count). The molecule has 0 aliphatic rings. The Morgan fingerprint density at radius 1 is 0.976 bits per heavy atom. The molecule has 0 atom stereocenters. The highest BCUT2D eigenvalue weighted by molar-refractivity contribution is 7.98. The van der Waals surface area contributed by atoms with Crippen LogP contribution in [0.3, 0.4) is 0 Å². The lowest BCUT2D eigenvalue weighted by atomic mass is 10.1. The fourth-order valence-electron chi connectivity index (χ4n) is 4.56. The second-order valence-electron chi connectivity index (χ2n) is 9.27. The Kier molecular flexibility index (Phi) is 7.29. The van der Waals surface area contributed by atoms with E-state index in [2.05, 4.69) is 15.1 Å². The normalized spacial score (nSPS) is 11.7. The van der Waals surface area contributed by atoms with Gasteiger partial charge in [0.05, 0.1) is 25.0 Å². The van der Waals surface area contributed by atoms with Crippen LogP contribution < -0.4 is 10.3 Å². The molecule has 0 unspecified atom stereocenters. The average molecular weight is 590 g/mol. The predicted molar refractivity (Wildman–Crippen MR) is 152 cm³/mol. The number of alkyl halides is 3. The van der Waals surface area contributed by atoms with Crippen molar-refractivity contribution in [3.8, 4) is 28.3 Å². The smallest absolute Gasteiger partial charge is 0.416 e. The van der Waals surface area contributed by atoms with Crippen molar-refractivity contribution in [2.75, 3.05) is 7.11 Å². The third-order valence-electron chi connectivity index (χ3n) is 6.60. The second kappa shape index (κ2) is 11.2. The summed E-state index contributed by atoms with van der Waals surface area (Å²) in [5.74, 6) is 0.951. The van der Waals surface area contributed by atoms with E-state index in [-0.39, 0.29) is 35.1 Å². The highest BCUT2D eigenvalue weighted by Crippen LogP contribution is 2.33. The quantitative estimate of drug-likeness (QED) is 0.154. The summed E-state index contributed by atoms with van der Waals surface area (Å²) in [6, 6.07) is 21.7. The zero-order valence-corrected chi connectivity index (χ0v) is 22.9. The first-order valence-electron chi connectivity index (χ1n) is 12.7. The lowest BCUT2D eigenvalue weighted by Gasteiger charge is -2.14. The molecule has 3 aromatic carbocycles. The van der Waals surface area contributed by atoms with Crippen LogP contribution in [-0.2, 0) is 18.5 Å². The third kappa shape index (κ3) is 5.40. The number of hydrogen-bond acceptors (Lipinski definition) is 7. The molecule has 0 fully saturated rings. The van der Waals surface area contributed by atoms with Gasteiger partial charge in [-0.05, 0) is 23.8 Å². The molecule has 12 heteroatoms. The fraction of sp³-hybridized carbons (Fsp3) is 0.133. The van der Waals surface area contributed by atoms with Crippen LogP contribution in [0.2, 0.25) is 0 Å². The van der Waals surface area contributed by atoms with Gasteiger partial charge in [0.1, 0.15) is 16.8 Å². The van der Waals surface area contributed by atoms with E-state index in [0.29, 0.717) is 21.9 Å². The predicted octanol–water partition coefficient (Wildman–Crippen LogP) is 6.81. The minimum Gasteiger partial charge on any atom is -0.496 e. The van der Waals surface area contributed by atoms with Crippen molar-refractivity contribution in [2.24, 2.45) is 0 Å². The van der Waals surface area contributed by atoms with Crippen LogP contribution in [0.4, 0.5) is 13.2 Å². The van der Waals surface area contributed by atoms with E-state index in [4.69, 9.17) is 14.2 Å². The molecular weight excluding hydrogens is 567 g/mol. The van der Waals surface area contributed by atoms with E-state index in [1.807, 2.05) is 54.6 Å². The Balaban J connectivity index is 1.37. The van der Waals surface area contributed by atoms with Crippen molar-refractivity contribution in [1.29, 1.82) is 0 Å². The number of thioether (sulfide) groups is 1. The van der Waals surface area contributed by atoms with Crippen molar-refractivity contribution in [1.82, 2.24) is 24.7 Å². The monoisotopic (exact) mass is 589 g/mol. The van der Waals surface area contributed by atoms with Gasteiger partial charge >= 0.3 is 6.18 Å². The van der Waals surface area contributed by atoms with Crippen LogP contribution in [-0.4, -0.2) is 31.8 Å². The minimum atomic E-state index is -4.50. The van der Waals surface area contributed by atoms with E-state index in [1.165, 1.54) is 23.9 Å². The average Bonchev–Trinajstić information content (AvgIpc) is 3.66. The van der Waals surface area contributed by atoms with E-state index >= 15 is 0 Å². The fourth-order valence-corrected chi connectivity index (χ4v) is 5.38. The molecule has 212 valence electrons. The number of fused-ring (bicyclic) bond motifs is 1. The number of H-pyrrole nitrogens is 1. The molecule has 8 nitrogen and oxygen atoms in total. The van der Waals surface area contributed by atoms with Crippen LogP contribution in [0, 0.1) is 0 Å². The topological polar surface area (TPSA) is 98.8 Å². The second-order valence-corrected chi connectivity index (χ2v) is 10.2. The maximum absolute atomic E-state index is 13.8. The molecule has 0 saturated heterocycles. The molecule has 0 aliphatic heterocycles. The Bertz CT molecular complexity index is 1930. The van der Waals surface area contributed by atoms with Crippen molar-refractivity contribution >= 4 is 22.8 Å². The molecule has 6 aromatic rings. The highest BCUT2D eigenvalue weighted by Gasteiger charge is 2.31. The van der Waals surface area contributed by atoms with Gasteiger partial charge in [-0.25, -0.2) is 4.98 Å². The summed E-state index contributed by atoms with van der Waals surface area (Å²) in [5.41, 5.74) is 2.43. The Morgan fingerprint density at radius 3 is 2.52 bits per heavy atom. The van der Waals surface area contributed by atoms with Gasteiger partial charge < -0.3 is 14.2 Å². The standard InChI is InChI=1S/C30H22F3N5O3S/c1-40-23-13-6-5-10-20(23)16-38-28(39)26-25(22(15-34-26)18-8-3-2-4-9-18)36-29(38)42-17-24-35-27(37-41-24)19-11-7-12-21(14-19)30(31,32)33/h2-15,34H,16-17H2,1H3. The molecule has 0 bridgehead atoms. The van der Waals surface area contributed by atoms with Gasteiger partial charge in [0.15, 0.2) is 5.16 Å². The van der Waals surface area contributed by atoms with E-state index in [9.17, 15) is 18.0 Å². The van der Waals surface area contributed by atoms with Gasteiger partial charge in [-0.15, -0.1) is 0 Å². The summed E-state index contributed by atoms with van der Waals surface area (Å²) < 4.78 is 51.9. The zero-order chi connectivity index (χ0) is 29.3. The van der Waals surface area contributed by atoms with Crippen molar-refractivity contribution in [3.05, 3.63) is 112 Å². The van der Waals surface area contributed by atoms with Gasteiger partial charge in [-0.2, -0.15) is 18.2 Å². The van der Waals surface area contributed by atoms with Crippen molar-refractivity contribution < 1.29 is 22.4 Å². The Hall–Kier alpha value is -4.84. The zero-order valence-electron chi connectivity index (χ0n) is 22.1. The van der Waals surface area contributed by atoms with Crippen LogP contribution in [0.5, 0.6) is 5.75 Å². The number of aromatic nitrogens is 5. The van der Waals surface area contributed by atoms with Crippen molar-refractivity contribution in [2.45, 2.75) is 23.6 Å². The number of aromatic amines is 1. The summed E-state index contributed by atoms with van der Waals surface area (Å²) in [6.07, 6.45) is -2.74. The van der Waals surface area contributed by atoms with Gasteiger partial charge in [0, 0.05) is 22.9 Å². The number of methoxy groups -OCH3 is 1. The lowest BCUT2D eigenvalue weighted by Crippen LogP contribution is -2.24. The maximum atomic E-state index is 13.8. The van der Waals surface area contributed by atoms with E-state index < -0.39 is 11.7 Å². The first-order valence-corrected chi connectivity index (χ1v) is 13.7. The molecule has 0 spiro atoms. The number of nitrogens with zero attached hydrogens (tertiary/aromatic N) is 4. The van der Waals surface area contributed by atoms with Gasteiger partial charge in [0.25, 0.3) is 5.56 Å². The van der Waals surface area contributed by atoms with Crippen LogP contribution in [0.15, 0.2) is 99.5 Å². The first kappa shape index (κ1) is 27.3. The van der Waals surface area contributed by atoms with Gasteiger partial charge in [0.2, 0.25) is 11.7 Å². The van der Waals surface area contributed by atoms with E-state index in [1.54, 1.807) is 17.9 Å².